The number of aryl methyl sites for hydroxylation is 1. The van der Waals surface area contributed by atoms with E-state index in [1.807, 2.05) is 45.0 Å². The fourth-order valence-corrected chi connectivity index (χ4v) is 3.29. The van der Waals surface area contributed by atoms with Crippen molar-refractivity contribution in [2.75, 3.05) is 7.11 Å². The van der Waals surface area contributed by atoms with E-state index in [9.17, 15) is 9.59 Å². The molecule has 0 aliphatic rings. The van der Waals surface area contributed by atoms with Crippen molar-refractivity contribution in [1.82, 2.24) is 0 Å². The van der Waals surface area contributed by atoms with Crippen molar-refractivity contribution in [1.29, 1.82) is 0 Å². The first-order chi connectivity index (χ1) is 14.7. The standard InChI is InChI=1S/C26H26O5/c1-15(2)25(27)30-18(5)19-7-8-20-14-24(17(4)16(3)23(20)13-19)26(28)31-22-11-9-21(29-6)10-12-22/h7-14,18H,1H2,2-6H3. The summed E-state index contributed by atoms with van der Waals surface area (Å²) in [5.41, 5.74) is 3.56. The van der Waals surface area contributed by atoms with Crippen molar-refractivity contribution < 1.29 is 23.8 Å². The molecule has 0 amide bonds. The third-order valence-corrected chi connectivity index (χ3v) is 5.34. The molecule has 3 aromatic carbocycles. The zero-order chi connectivity index (χ0) is 22.7. The van der Waals surface area contributed by atoms with Crippen LogP contribution in [0.25, 0.3) is 10.8 Å². The average molecular weight is 418 g/mol. The van der Waals surface area contributed by atoms with E-state index in [2.05, 4.69) is 6.58 Å². The van der Waals surface area contributed by atoms with Gasteiger partial charge in [-0.15, -0.1) is 0 Å². The molecule has 5 heteroatoms. The van der Waals surface area contributed by atoms with E-state index in [-0.39, 0.29) is 0 Å². The Kier molecular flexibility index (Phi) is 6.44. The topological polar surface area (TPSA) is 61.8 Å². The summed E-state index contributed by atoms with van der Waals surface area (Å²) in [5, 5.41) is 1.90. The van der Waals surface area contributed by atoms with Gasteiger partial charge in [0.05, 0.1) is 12.7 Å². The van der Waals surface area contributed by atoms with Gasteiger partial charge in [-0.05, 0) is 91.6 Å². The number of hydrogen-bond donors (Lipinski definition) is 0. The van der Waals surface area contributed by atoms with Gasteiger partial charge in [0.2, 0.25) is 0 Å². The van der Waals surface area contributed by atoms with Crippen molar-refractivity contribution in [2.45, 2.75) is 33.8 Å². The molecule has 160 valence electrons. The second-order valence-electron chi connectivity index (χ2n) is 7.55. The number of rotatable bonds is 6. The zero-order valence-electron chi connectivity index (χ0n) is 18.4. The third-order valence-electron chi connectivity index (χ3n) is 5.34. The molecule has 0 radical (unpaired) electrons. The second kappa shape index (κ2) is 9.04. The van der Waals surface area contributed by atoms with Crippen LogP contribution in [0, 0.1) is 13.8 Å². The molecule has 0 heterocycles. The predicted octanol–water partition coefficient (Wildman–Crippen LogP) is 5.86. The van der Waals surface area contributed by atoms with Gasteiger partial charge in [0.25, 0.3) is 0 Å². The molecule has 5 nitrogen and oxygen atoms in total. The number of ether oxygens (including phenoxy) is 3. The van der Waals surface area contributed by atoms with Gasteiger partial charge in [0.1, 0.15) is 17.6 Å². The van der Waals surface area contributed by atoms with Gasteiger partial charge >= 0.3 is 11.9 Å². The van der Waals surface area contributed by atoms with E-state index in [4.69, 9.17) is 14.2 Å². The molecule has 0 saturated heterocycles. The largest absolute Gasteiger partial charge is 0.497 e. The lowest BCUT2D eigenvalue weighted by atomic mass is 9.93. The van der Waals surface area contributed by atoms with Crippen LogP contribution in [0.5, 0.6) is 11.5 Å². The quantitative estimate of drug-likeness (QED) is 0.285. The number of benzene rings is 3. The van der Waals surface area contributed by atoms with Gasteiger partial charge in [-0.3, -0.25) is 0 Å². The number of hydrogen-bond acceptors (Lipinski definition) is 5. The molecule has 0 aliphatic heterocycles. The van der Waals surface area contributed by atoms with Crippen molar-refractivity contribution in [3.63, 3.8) is 0 Å². The molecule has 31 heavy (non-hydrogen) atoms. The van der Waals surface area contributed by atoms with E-state index in [0.29, 0.717) is 22.6 Å². The summed E-state index contributed by atoms with van der Waals surface area (Å²) >= 11 is 0. The summed E-state index contributed by atoms with van der Waals surface area (Å²) in [6, 6.07) is 14.5. The summed E-state index contributed by atoms with van der Waals surface area (Å²) in [7, 11) is 1.58. The van der Waals surface area contributed by atoms with Gasteiger partial charge in [0.15, 0.2) is 0 Å². The molecule has 0 fully saturated rings. The molecule has 1 unspecified atom stereocenters. The van der Waals surface area contributed by atoms with Crippen molar-refractivity contribution in [3.05, 3.63) is 82.9 Å². The second-order valence-corrected chi connectivity index (χ2v) is 7.55. The van der Waals surface area contributed by atoms with E-state index in [1.54, 1.807) is 38.3 Å². The first-order valence-corrected chi connectivity index (χ1v) is 9.98. The Morgan fingerprint density at radius 2 is 1.58 bits per heavy atom. The number of carbonyl (C=O) groups is 2. The first-order valence-electron chi connectivity index (χ1n) is 9.98. The normalized spacial score (nSPS) is 11.6. The van der Waals surface area contributed by atoms with Crippen LogP contribution in [0.1, 0.15) is 47.0 Å². The fourth-order valence-electron chi connectivity index (χ4n) is 3.29. The molecule has 0 N–H and O–H groups in total. The molecule has 1 atom stereocenters. The van der Waals surface area contributed by atoms with Gasteiger partial charge in [-0.2, -0.15) is 0 Å². The minimum Gasteiger partial charge on any atom is -0.497 e. The maximum atomic E-state index is 12.8. The van der Waals surface area contributed by atoms with Gasteiger partial charge in [0, 0.05) is 5.57 Å². The van der Waals surface area contributed by atoms with Crippen LogP contribution in [-0.2, 0) is 9.53 Å². The summed E-state index contributed by atoms with van der Waals surface area (Å²) in [6.07, 6.45) is -0.409. The summed E-state index contributed by atoms with van der Waals surface area (Å²) < 4.78 is 16.1. The van der Waals surface area contributed by atoms with Gasteiger partial charge in [-0.25, -0.2) is 9.59 Å². The van der Waals surface area contributed by atoms with Crippen LogP contribution in [0.2, 0.25) is 0 Å². The Hall–Kier alpha value is -3.60. The van der Waals surface area contributed by atoms with Crippen LogP contribution in [0.15, 0.2) is 60.7 Å². The Morgan fingerprint density at radius 1 is 0.935 bits per heavy atom. The molecule has 0 aromatic heterocycles. The van der Waals surface area contributed by atoms with E-state index < -0.39 is 18.0 Å². The maximum absolute atomic E-state index is 12.8. The van der Waals surface area contributed by atoms with Gasteiger partial charge in [-0.1, -0.05) is 18.7 Å². The highest BCUT2D eigenvalue weighted by Crippen LogP contribution is 2.30. The minimum atomic E-state index is -0.419. The third kappa shape index (κ3) is 4.77. The van der Waals surface area contributed by atoms with Crippen LogP contribution in [0.3, 0.4) is 0 Å². The van der Waals surface area contributed by atoms with E-state index in [1.165, 1.54) is 0 Å². The van der Waals surface area contributed by atoms with Crippen LogP contribution >= 0.6 is 0 Å². The molecule has 0 spiro atoms. The summed E-state index contributed by atoms with van der Waals surface area (Å²) in [6.45, 7) is 10.9. The summed E-state index contributed by atoms with van der Waals surface area (Å²) in [4.78, 5) is 24.7. The fraction of sp³-hybridized carbons (Fsp3) is 0.231. The number of methoxy groups -OCH3 is 1. The molecule has 0 bridgehead atoms. The molecule has 3 rings (SSSR count). The predicted molar refractivity (Wildman–Crippen MR) is 121 cm³/mol. The van der Waals surface area contributed by atoms with Gasteiger partial charge < -0.3 is 14.2 Å². The highest BCUT2D eigenvalue weighted by molar-refractivity contribution is 6.00. The first kappa shape index (κ1) is 22.1. The Bertz CT molecular complexity index is 1160. The minimum absolute atomic E-state index is 0.361. The van der Waals surface area contributed by atoms with E-state index >= 15 is 0 Å². The lowest BCUT2D eigenvalue weighted by Crippen LogP contribution is -2.12. The van der Waals surface area contributed by atoms with Crippen LogP contribution in [-0.4, -0.2) is 19.0 Å². The van der Waals surface area contributed by atoms with Crippen molar-refractivity contribution in [3.8, 4) is 11.5 Å². The van der Waals surface area contributed by atoms with Crippen molar-refractivity contribution >= 4 is 22.7 Å². The van der Waals surface area contributed by atoms with Crippen molar-refractivity contribution in [2.24, 2.45) is 0 Å². The SMILES string of the molecule is C=C(C)C(=O)OC(C)c1ccc2cc(C(=O)Oc3ccc(OC)cc3)c(C)c(C)c2c1. The molecule has 0 aliphatic carbocycles. The highest BCUT2D eigenvalue weighted by atomic mass is 16.5. The lowest BCUT2D eigenvalue weighted by Gasteiger charge is -2.17. The van der Waals surface area contributed by atoms with E-state index in [0.717, 1.165) is 27.5 Å². The molecular formula is C26H26O5. The monoisotopic (exact) mass is 418 g/mol. The molecule has 0 saturated carbocycles. The molecule has 3 aromatic rings. The highest BCUT2D eigenvalue weighted by Gasteiger charge is 2.18. The number of esters is 2. The average Bonchev–Trinajstić information content (AvgIpc) is 2.76. The van der Waals surface area contributed by atoms with Crippen LogP contribution in [0.4, 0.5) is 0 Å². The number of fused-ring (bicyclic) bond motifs is 1. The zero-order valence-corrected chi connectivity index (χ0v) is 18.4. The summed E-state index contributed by atoms with van der Waals surface area (Å²) in [5.74, 6) is 0.306. The Morgan fingerprint density at radius 3 is 2.19 bits per heavy atom. The Balaban J connectivity index is 1.90. The molecular weight excluding hydrogens is 392 g/mol. The maximum Gasteiger partial charge on any atom is 0.343 e. The van der Waals surface area contributed by atoms with Crippen LogP contribution < -0.4 is 9.47 Å². The smallest absolute Gasteiger partial charge is 0.343 e. The number of carbonyl (C=O) groups excluding carboxylic acids is 2. The Labute approximate surface area is 182 Å². The lowest BCUT2D eigenvalue weighted by molar-refractivity contribution is -0.143.